The van der Waals surface area contributed by atoms with Crippen LogP contribution in [0.3, 0.4) is 0 Å². The second-order valence-electron chi connectivity index (χ2n) is 7.44. The maximum atomic E-state index is 12.7. The van der Waals surface area contributed by atoms with Gasteiger partial charge in [0, 0.05) is 37.0 Å². The zero-order chi connectivity index (χ0) is 20.1. The Morgan fingerprint density at radius 3 is 2.76 bits per heavy atom. The zero-order valence-electron chi connectivity index (χ0n) is 16.6. The van der Waals surface area contributed by atoms with Crippen LogP contribution in [0, 0.1) is 6.92 Å². The highest BCUT2D eigenvalue weighted by atomic mass is 16.5. The quantitative estimate of drug-likeness (QED) is 0.657. The van der Waals surface area contributed by atoms with Gasteiger partial charge in [0.15, 0.2) is 6.61 Å². The van der Waals surface area contributed by atoms with Crippen LogP contribution in [0.4, 0.5) is 0 Å². The lowest BCUT2D eigenvalue weighted by Gasteiger charge is -2.33. The van der Waals surface area contributed by atoms with Crippen LogP contribution < -0.4 is 4.74 Å². The fourth-order valence-corrected chi connectivity index (χ4v) is 3.84. The van der Waals surface area contributed by atoms with Gasteiger partial charge in [0.2, 0.25) is 0 Å². The summed E-state index contributed by atoms with van der Waals surface area (Å²) in [6.07, 6.45) is 5.43. The summed E-state index contributed by atoms with van der Waals surface area (Å²) in [6, 6.07) is 17.8. The third-order valence-electron chi connectivity index (χ3n) is 5.28. The maximum absolute atomic E-state index is 12.7. The van der Waals surface area contributed by atoms with Crippen molar-refractivity contribution in [1.82, 2.24) is 14.9 Å². The second kappa shape index (κ2) is 8.86. The summed E-state index contributed by atoms with van der Waals surface area (Å²) >= 11 is 0. The molecule has 148 valence electrons. The number of hydrogen-bond acceptors (Lipinski definition) is 4. The lowest BCUT2D eigenvalue weighted by Crippen LogP contribution is -2.41. The molecular weight excluding hydrogens is 362 g/mol. The Balaban J connectivity index is 1.48. The Morgan fingerprint density at radius 1 is 1.10 bits per heavy atom. The van der Waals surface area contributed by atoms with Gasteiger partial charge in [-0.15, -0.1) is 0 Å². The van der Waals surface area contributed by atoms with E-state index < -0.39 is 0 Å². The van der Waals surface area contributed by atoms with Crippen molar-refractivity contribution >= 4 is 5.91 Å². The Hall–Kier alpha value is -3.21. The van der Waals surface area contributed by atoms with Crippen molar-refractivity contribution in [3.05, 3.63) is 78.2 Å². The van der Waals surface area contributed by atoms with E-state index in [0.29, 0.717) is 12.3 Å². The second-order valence-corrected chi connectivity index (χ2v) is 7.44. The molecular formula is C24H25N3O2. The first-order valence-corrected chi connectivity index (χ1v) is 10.0. The van der Waals surface area contributed by atoms with Crippen LogP contribution >= 0.6 is 0 Å². The van der Waals surface area contributed by atoms with Crippen LogP contribution in [0.2, 0.25) is 0 Å². The number of hydrogen-bond donors (Lipinski definition) is 0. The molecule has 3 aromatic rings. The standard InChI is InChI=1S/C24H25N3O2/c1-18-7-5-8-19(15-18)23-24(26-13-12-25-23)20-9-6-14-27(16-20)22(28)17-29-21-10-3-2-4-11-21/h2-5,7-8,10-13,15,20H,6,9,14,16-17H2,1H3/t20-/m1/s1. The van der Waals surface area contributed by atoms with Crippen molar-refractivity contribution in [2.75, 3.05) is 19.7 Å². The molecule has 1 aromatic heterocycles. The predicted molar refractivity (Wildman–Crippen MR) is 113 cm³/mol. The minimum Gasteiger partial charge on any atom is -0.484 e. The molecule has 1 fully saturated rings. The molecule has 1 saturated heterocycles. The molecule has 1 aliphatic heterocycles. The lowest BCUT2D eigenvalue weighted by molar-refractivity contribution is -0.134. The molecule has 4 rings (SSSR count). The molecule has 1 amide bonds. The van der Waals surface area contributed by atoms with Gasteiger partial charge in [0.05, 0.1) is 11.4 Å². The Labute approximate surface area is 171 Å². The van der Waals surface area contributed by atoms with Crippen LogP contribution in [-0.2, 0) is 4.79 Å². The summed E-state index contributed by atoms with van der Waals surface area (Å²) in [7, 11) is 0. The number of nitrogens with zero attached hydrogens (tertiary/aromatic N) is 3. The summed E-state index contributed by atoms with van der Waals surface area (Å²) in [5.74, 6) is 0.901. The van der Waals surface area contributed by atoms with E-state index in [1.807, 2.05) is 41.3 Å². The molecule has 2 heterocycles. The Morgan fingerprint density at radius 2 is 1.93 bits per heavy atom. The molecule has 29 heavy (non-hydrogen) atoms. The molecule has 0 bridgehead atoms. The largest absolute Gasteiger partial charge is 0.484 e. The number of benzene rings is 2. The average molecular weight is 387 g/mol. The van der Waals surface area contributed by atoms with Crippen molar-refractivity contribution in [1.29, 1.82) is 0 Å². The smallest absolute Gasteiger partial charge is 0.260 e. The minimum absolute atomic E-state index is 0.0135. The SMILES string of the molecule is Cc1cccc(-c2nccnc2[C@@H]2CCCN(C(=O)COc3ccccc3)C2)c1. The van der Waals surface area contributed by atoms with E-state index >= 15 is 0 Å². The van der Waals surface area contributed by atoms with Gasteiger partial charge in [-0.25, -0.2) is 0 Å². The normalized spacial score (nSPS) is 16.4. The van der Waals surface area contributed by atoms with Crippen LogP contribution in [0.5, 0.6) is 5.75 Å². The minimum atomic E-state index is 0.0135. The van der Waals surface area contributed by atoms with Gasteiger partial charge in [-0.3, -0.25) is 14.8 Å². The van der Waals surface area contributed by atoms with Crippen molar-refractivity contribution in [3.63, 3.8) is 0 Å². The molecule has 0 spiro atoms. The number of piperidine rings is 1. The number of rotatable bonds is 5. The van der Waals surface area contributed by atoms with E-state index in [0.717, 1.165) is 36.3 Å². The Bertz CT molecular complexity index is 975. The third kappa shape index (κ3) is 4.62. The van der Waals surface area contributed by atoms with Crippen molar-refractivity contribution in [2.24, 2.45) is 0 Å². The van der Waals surface area contributed by atoms with Gasteiger partial charge in [-0.05, 0) is 38.0 Å². The summed E-state index contributed by atoms with van der Waals surface area (Å²) in [4.78, 5) is 23.9. The average Bonchev–Trinajstić information content (AvgIpc) is 2.78. The van der Waals surface area contributed by atoms with Crippen LogP contribution in [0.1, 0.15) is 30.0 Å². The number of amides is 1. The molecule has 0 unspecified atom stereocenters. The number of carbonyl (C=O) groups excluding carboxylic acids is 1. The van der Waals surface area contributed by atoms with Gasteiger partial charge in [-0.1, -0.05) is 42.0 Å². The fourth-order valence-electron chi connectivity index (χ4n) is 3.84. The first kappa shape index (κ1) is 19.1. The third-order valence-corrected chi connectivity index (χ3v) is 5.28. The molecule has 0 aliphatic carbocycles. The summed E-state index contributed by atoms with van der Waals surface area (Å²) in [5, 5.41) is 0. The first-order chi connectivity index (χ1) is 14.2. The van der Waals surface area contributed by atoms with E-state index in [-0.39, 0.29) is 18.4 Å². The van der Waals surface area contributed by atoms with E-state index in [1.54, 1.807) is 12.4 Å². The Kier molecular flexibility index (Phi) is 5.84. The molecule has 0 saturated carbocycles. The number of likely N-dealkylation sites (tertiary alicyclic amines) is 1. The number of aromatic nitrogens is 2. The monoisotopic (exact) mass is 387 g/mol. The van der Waals surface area contributed by atoms with Gasteiger partial charge >= 0.3 is 0 Å². The molecule has 0 N–H and O–H groups in total. The molecule has 0 radical (unpaired) electrons. The van der Waals surface area contributed by atoms with Gasteiger partial charge < -0.3 is 9.64 Å². The van der Waals surface area contributed by atoms with E-state index in [9.17, 15) is 4.79 Å². The molecule has 5 nitrogen and oxygen atoms in total. The first-order valence-electron chi connectivity index (χ1n) is 10.0. The highest BCUT2D eigenvalue weighted by Crippen LogP contribution is 2.32. The number of para-hydroxylation sites is 1. The summed E-state index contributed by atoms with van der Waals surface area (Å²) in [6.45, 7) is 3.54. The van der Waals surface area contributed by atoms with Gasteiger partial charge in [0.25, 0.3) is 5.91 Å². The molecule has 2 aromatic carbocycles. The highest BCUT2D eigenvalue weighted by molar-refractivity contribution is 5.78. The van der Waals surface area contributed by atoms with E-state index in [1.165, 1.54) is 5.56 Å². The number of aryl methyl sites for hydroxylation is 1. The van der Waals surface area contributed by atoms with Crippen LogP contribution in [0.25, 0.3) is 11.3 Å². The maximum Gasteiger partial charge on any atom is 0.260 e. The predicted octanol–water partition coefficient (Wildman–Crippen LogP) is 4.24. The molecule has 1 aliphatic rings. The molecule has 5 heteroatoms. The van der Waals surface area contributed by atoms with Crippen LogP contribution in [-0.4, -0.2) is 40.5 Å². The van der Waals surface area contributed by atoms with Gasteiger partial charge in [-0.2, -0.15) is 0 Å². The van der Waals surface area contributed by atoms with E-state index in [4.69, 9.17) is 4.74 Å². The summed E-state index contributed by atoms with van der Waals surface area (Å²) < 4.78 is 5.65. The van der Waals surface area contributed by atoms with Gasteiger partial charge in [0.1, 0.15) is 5.75 Å². The highest BCUT2D eigenvalue weighted by Gasteiger charge is 2.28. The van der Waals surface area contributed by atoms with E-state index in [2.05, 4.69) is 35.1 Å². The van der Waals surface area contributed by atoms with Crippen molar-refractivity contribution in [2.45, 2.75) is 25.7 Å². The summed E-state index contributed by atoms with van der Waals surface area (Å²) in [5.41, 5.74) is 4.15. The number of ether oxygens (including phenoxy) is 1. The van der Waals surface area contributed by atoms with Crippen LogP contribution in [0.15, 0.2) is 67.0 Å². The molecule has 1 atom stereocenters. The van der Waals surface area contributed by atoms with Crippen molar-refractivity contribution in [3.8, 4) is 17.0 Å². The zero-order valence-corrected chi connectivity index (χ0v) is 16.6. The van der Waals surface area contributed by atoms with Crippen molar-refractivity contribution < 1.29 is 9.53 Å². The fraction of sp³-hybridized carbons (Fsp3) is 0.292. The lowest BCUT2D eigenvalue weighted by atomic mass is 9.91. The topological polar surface area (TPSA) is 55.3 Å². The number of carbonyl (C=O) groups is 1.